The lowest BCUT2D eigenvalue weighted by Crippen LogP contribution is -2.09. The molecular formula is C22H20ClN3O. The molecule has 0 saturated carbocycles. The molecule has 0 bridgehead atoms. The van der Waals surface area contributed by atoms with Gasteiger partial charge in [0.15, 0.2) is 0 Å². The molecule has 0 unspecified atom stereocenters. The summed E-state index contributed by atoms with van der Waals surface area (Å²) in [6, 6.07) is 22.7. The standard InChI is InChI=1S/C22H20ClN3O/c23-18-4-3-5-19(14-18)25-15-17-10-8-16(9-11-17)12-13-22(27)26-21-7-2-1-6-20(21)24/h1-14,25H,15,24H2,(H,26,27)/b13-12+. The second-order valence-electron chi connectivity index (χ2n) is 6.02. The summed E-state index contributed by atoms with van der Waals surface area (Å²) < 4.78 is 0. The van der Waals surface area contributed by atoms with Gasteiger partial charge in [0.05, 0.1) is 11.4 Å². The molecule has 3 rings (SSSR count). The van der Waals surface area contributed by atoms with E-state index in [9.17, 15) is 4.79 Å². The average molecular weight is 378 g/mol. The normalized spacial score (nSPS) is 10.7. The third kappa shape index (κ3) is 5.62. The van der Waals surface area contributed by atoms with Gasteiger partial charge in [-0.15, -0.1) is 0 Å². The van der Waals surface area contributed by atoms with Gasteiger partial charge in [0.1, 0.15) is 0 Å². The predicted molar refractivity (Wildman–Crippen MR) is 114 cm³/mol. The number of para-hydroxylation sites is 2. The summed E-state index contributed by atoms with van der Waals surface area (Å²) in [5, 5.41) is 6.79. The van der Waals surface area contributed by atoms with Gasteiger partial charge in [-0.1, -0.05) is 54.1 Å². The lowest BCUT2D eigenvalue weighted by molar-refractivity contribution is -0.111. The van der Waals surface area contributed by atoms with Gasteiger partial charge in [0.2, 0.25) is 5.91 Å². The third-order valence-electron chi connectivity index (χ3n) is 3.95. The molecule has 0 aliphatic heterocycles. The molecule has 0 aliphatic carbocycles. The second kappa shape index (κ2) is 8.92. The summed E-state index contributed by atoms with van der Waals surface area (Å²) in [7, 11) is 0. The number of halogens is 1. The van der Waals surface area contributed by atoms with Crippen LogP contribution in [0.3, 0.4) is 0 Å². The van der Waals surface area contributed by atoms with Gasteiger partial charge in [-0.05, 0) is 47.5 Å². The number of nitrogens with two attached hydrogens (primary N) is 1. The van der Waals surface area contributed by atoms with Crippen molar-refractivity contribution in [2.45, 2.75) is 6.54 Å². The smallest absolute Gasteiger partial charge is 0.248 e. The number of carbonyl (C=O) groups excluding carboxylic acids is 1. The van der Waals surface area contributed by atoms with E-state index in [1.54, 1.807) is 18.2 Å². The van der Waals surface area contributed by atoms with E-state index >= 15 is 0 Å². The van der Waals surface area contributed by atoms with Crippen LogP contribution in [0.15, 0.2) is 78.9 Å². The largest absolute Gasteiger partial charge is 0.397 e. The maximum atomic E-state index is 12.0. The zero-order chi connectivity index (χ0) is 19.1. The number of nitrogens with one attached hydrogen (secondary N) is 2. The van der Waals surface area contributed by atoms with Crippen LogP contribution in [-0.4, -0.2) is 5.91 Å². The molecule has 0 atom stereocenters. The molecule has 3 aromatic carbocycles. The summed E-state index contributed by atoms with van der Waals surface area (Å²) in [5.74, 6) is -0.223. The van der Waals surface area contributed by atoms with Gasteiger partial charge < -0.3 is 16.4 Å². The van der Waals surface area contributed by atoms with Crippen LogP contribution in [0.5, 0.6) is 0 Å². The number of carbonyl (C=O) groups is 1. The van der Waals surface area contributed by atoms with Crippen molar-refractivity contribution in [2.24, 2.45) is 0 Å². The molecule has 4 N–H and O–H groups in total. The summed E-state index contributed by atoms with van der Waals surface area (Å²) in [6.07, 6.45) is 3.26. The van der Waals surface area contributed by atoms with Crippen LogP contribution in [0, 0.1) is 0 Å². The number of hydrogen-bond donors (Lipinski definition) is 3. The minimum absolute atomic E-state index is 0.223. The summed E-state index contributed by atoms with van der Waals surface area (Å²) >= 11 is 5.98. The van der Waals surface area contributed by atoms with Crippen LogP contribution >= 0.6 is 11.6 Å². The van der Waals surface area contributed by atoms with E-state index in [1.807, 2.05) is 60.7 Å². The number of anilines is 3. The highest BCUT2D eigenvalue weighted by Crippen LogP contribution is 2.17. The minimum Gasteiger partial charge on any atom is -0.397 e. The van der Waals surface area contributed by atoms with E-state index in [0.29, 0.717) is 22.9 Å². The molecule has 4 nitrogen and oxygen atoms in total. The molecule has 0 fully saturated rings. The summed E-state index contributed by atoms with van der Waals surface area (Å²) in [6.45, 7) is 0.693. The maximum absolute atomic E-state index is 12.0. The van der Waals surface area contributed by atoms with Crippen LogP contribution in [0.2, 0.25) is 5.02 Å². The van der Waals surface area contributed by atoms with Crippen molar-refractivity contribution >= 4 is 40.6 Å². The number of benzene rings is 3. The molecule has 27 heavy (non-hydrogen) atoms. The molecule has 0 heterocycles. The van der Waals surface area contributed by atoms with Gasteiger partial charge in [0.25, 0.3) is 0 Å². The SMILES string of the molecule is Nc1ccccc1NC(=O)/C=C/c1ccc(CNc2cccc(Cl)c2)cc1. The lowest BCUT2D eigenvalue weighted by atomic mass is 10.1. The Morgan fingerprint density at radius 2 is 1.78 bits per heavy atom. The Hall–Kier alpha value is -3.24. The highest BCUT2D eigenvalue weighted by Gasteiger charge is 2.01. The highest BCUT2D eigenvalue weighted by molar-refractivity contribution is 6.30. The van der Waals surface area contributed by atoms with Crippen molar-refractivity contribution in [3.8, 4) is 0 Å². The van der Waals surface area contributed by atoms with Crippen molar-refractivity contribution in [3.63, 3.8) is 0 Å². The first-order valence-corrected chi connectivity index (χ1v) is 8.90. The fraction of sp³-hybridized carbons (Fsp3) is 0.0455. The highest BCUT2D eigenvalue weighted by atomic mass is 35.5. The first kappa shape index (κ1) is 18.5. The Kier molecular flexibility index (Phi) is 6.13. The van der Waals surface area contributed by atoms with Gasteiger partial charge in [-0.3, -0.25) is 4.79 Å². The van der Waals surface area contributed by atoms with Gasteiger partial charge in [-0.2, -0.15) is 0 Å². The number of rotatable bonds is 6. The van der Waals surface area contributed by atoms with Crippen LogP contribution in [-0.2, 0) is 11.3 Å². The summed E-state index contributed by atoms with van der Waals surface area (Å²) in [4.78, 5) is 12.0. The first-order chi connectivity index (χ1) is 13.1. The Morgan fingerprint density at radius 3 is 2.52 bits per heavy atom. The quantitative estimate of drug-likeness (QED) is 0.409. The van der Waals surface area contributed by atoms with E-state index < -0.39 is 0 Å². The van der Waals surface area contributed by atoms with E-state index in [-0.39, 0.29) is 5.91 Å². The number of amides is 1. The zero-order valence-electron chi connectivity index (χ0n) is 14.7. The van der Waals surface area contributed by atoms with Crippen LogP contribution in [0.4, 0.5) is 17.1 Å². The second-order valence-corrected chi connectivity index (χ2v) is 6.45. The van der Waals surface area contributed by atoms with Crippen molar-refractivity contribution in [1.82, 2.24) is 0 Å². The number of hydrogen-bond acceptors (Lipinski definition) is 3. The van der Waals surface area contributed by atoms with Crippen LogP contribution in [0.25, 0.3) is 6.08 Å². The van der Waals surface area contributed by atoms with Crippen molar-refractivity contribution < 1.29 is 4.79 Å². The molecule has 136 valence electrons. The van der Waals surface area contributed by atoms with E-state index in [2.05, 4.69) is 10.6 Å². The number of nitrogen functional groups attached to an aromatic ring is 1. The van der Waals surface area contributed by atoms with Crippen LogP contribution in [0.1, 0.15) is 11.1 Å². The fourth-order valence-corrected chi connectivity index (χ4v) is 2.70. The topological polar surface area (TPSA) is 67.1 Å². The average Bonchev–Trinajstić information content (AvgIpc) is 2.67. The third-order valence-corrected chi connectivity index (χ3v) is 4.18. The minimum atomic E-state index is -0.223. The molecule has 0 radical (unpaired) electrons. The molecule has 3 aromatic rings. The van der Waals surface area contributed by atoms with E-state index in [4.69, 9.17) is 17.3 Å². The van der Waals surface area contributed by atoms with Gasteiger partial charge >= 0.3 is 0 Å². The van der Waals surface area contributed by atoms with Gasteiger partial charge in [-0.25, -0.2) is 0 Å². The molecule has 1 amide bonds. The maximum Gasteiger partial charge on any atom is 0.248 e. The van der Waals surface area contributed by atoms with Crippen molar-refractivity contribution in [2.75, 3.05) is 16.4 Å². The van der Waals surface area contributed by atoms with E-state index in [1.165, 1.54) is 6.08 Å². The lowest BCUT2D eigenvalue weighted by Gasteiger charge is -2.07. The zero-order valence-corrected chi connectivity index (χ0v) is 15.4. The Labute approximate surface area is 163 Å². The molecule has 5 heteroatoms. The van der Waals surface area contributed by atoms with Crippen LogP contribution < -0.4 is 16.4 Å². The monoisotopic (exact) mass is 377 g/mol. The Balaban J connectivity index is 1.54. The summed E-state index contributed by atoms with van der Waals surface area (Å²) in [5.41, 5.74) is 10.0. The molecule has 0 saturated heterocycles. The molecular weight excluding hydrogens is 358 g/mol. The Bertz CT molecular complexity index is 952. The Morgan fingerprint density at radius 1 is 1.00 bits per heavy atom. The van der Waals surface area contributed by atoms with Crippen molar-refractivity contribution in [3.05, 3.63) is 95.0 Å². The molecule has 0 aliphatic rings. The molecule has 0 spiro atoms. The van der Waals surface area contributed by atoms with Crippen molar-refractivity contribution in [1.29, 1.82) is 0 Å². The van der Waals surface area contributed by atoms with Gasteiger partial charge in [0, 0.05) is 23.3 Å². The fourth-order valence-electron chi connectivity index (χ4n) is 2.51. The first-order valence-electron chi connectivity index (χ1n) is 8.52. The van der Waals surface area contributed by atoms with E-state index in [0.717, 1.165) is 16.8 Å². The molecule has 0 aromatic heterocycles. The predicted octanol–water partition coefficient (Wildman–Crippen LogP) is 5.19.